The van der Waals surface area contributed by atoms with Crippen LogP contribution in [-0.2, 0) is 6.54 Å². The second-order valence-corrected chi connectivity index (χ2v) is 4.78. The fourth-order valence-electron chi connectivity index (χ4n) is 1.54. The Hall–Kier alpha value is -1.54. The highest BCUT2D eigenvalue weighted by Gasteiger charge is 2.22. The molecule has 0 aromatic carbocycles. The highest BCUT2D eigenvalue weighted by molar-refractivity contribution is 7.10. The van der Waals surface area contributed by atoms with Crippen LogP contribution in [0.3, 0.4) is 0 Å². The molecule has 0 spiro atoms. The lowest BCUT2D eigenvalue weighted by molar-refractivity contribution is -0.386. The van der Waals surface area contributed by atoms with Crippen LogP contribution in [0, 0.1) is 24.0 Å². The molecular weight excluding hydrogens is 266 g/mol. The Balaban J connectivity index is 2.38. The van der Waals surface area contributed by atoms with E-state index < -0.39 is 4.92 Å². The molecule has 0 fully saturated rings. The van der Waals surface area contributed by atoms with Crippen molar-refractivity contribution >= 4 is 28.8 Å². The molecule has 2 rings (SSSR count). The van der Waals surface area contributed by atoms with E-state index in [4.69, 9.17) is 11.6 Å². The molecule has 0 atom stereocenters. The first kappa shape index (κ1) is 11.9. The van der Waals surface area contributed by atoms with Crippen LogP contribution in [0.25, 0.3) is 0 Å². The van der Waals surface area contributed by atoms with Crippen LogP contribution in [-0.4, -0.2) is 24.3 Å². The third-order valence-electron chi connectivity index (χ3n) is 2.33. The zero-order valence-corrected chi connectivity index (χ0v) is 10.6. The Morgan fingerprint density at radius 2 is 2.24 bits per heavy atom. The smallest absolute Gasteiger partial charge is 0.258 e. The van der Waals surface area contributed by atoms with E-state index in [2.05, 4.69) is 14.7 Å². The Bertz CT molecular complexity index is 578. The van der Waals surface area contributed by atoms with Gasteiger partial charge >= 0.3 is 5.69 Å². The quantitative estimate of drug-likeness (QED) is 0.630. The van der Waals surface area contributed by atoms with Crippen LogP contribution in [0.4, 0.5) is 5.69 Å². The molecule has 0 bridgehead atoms. The first-order chi connectivity index (χ1) is 8.00. The van der Waals surface area contributed by atoms with E-state index in [9.17, 15) is 10.1 Å². The highest BCUT2D eigenvalue weighted by Crippen LogP contribution is 2.24. The summed E-state index contributed by atoms with van der Waals surface area (Å²) in [6.45, 7) is 3.53. The molecule has 0 radical (unpaired) electrons. The maximum atomic E-state index is 10.8. The lowest BCUT2D eigenvalue weighted by Crippen LogP contribution is -2.05. The van der Waals surface area contributed by atoms with E-state index >= 15 is 0 Å². The predicted octanol–water partition coefficient (Wildman–Crippen LogP) is 1.96. The molecule has 7 nitrogen and oxygen atoms in total. The van der Waals surface area contributed by atoms with Crippen LogP contribution < -0.4 is 0 Å². The van der Waals surface area contributed by atoms with Gasteiger partial charge in [-0.3, -0.25) is 14.8 Å². The average Bonchev–Trinajstić information content (AvgIpc) is 2.73. The molecule has 0 amide bonds. The largest absolute Gasteiger partial charge is 0.312 e. The van der Waals surface area contributed by atoms with Crippen LogP contribution in [0.1, 0.15) is 17.1 Å². The van der Waals surface area contributed by atoms with Gasteiger partial charge in [-0.2, -0.15) is 5.10 Å². The van der Waals surface area contributed by atoms with Gasteiger partial charge in [-0.1, -0.05) is 16.1 Å². The molecular formula is C8H8ClN5O2S. The summed E-state index contributed by atoms with van der Waals surface area (Å²) >= 11 is 6.95. The van der Waals surface area contributed by atoms with Gasteiger partial charge in [-0.05, 0) is 13.8 Å². The van der Waals surface area contributed by atoms with Crippen molar-refractivity contribution in [2.75, 3.05) is 0 Å². The Morgan fingerprint density at radius 3 is 2.71 bits per heavy atom. The summed E-state index contributed by atoms with van der Waals surface area (Å²) in [5.74, 6) is 0. The van der Waals surface area contributed by atoms with E-state index in [1.54, 1.807) is 13.8 Å². The van der Waals surface area contributed by atoms with Crippen molar-refractivity contribution in [2.24, 2.45) is 0 Å². The number of aryl methyl sites for hydroxylation is 1. The molecule has 90 valence electrons. The maximum absolute atomic E-state index is 10.8. The lowest BCUT2D eigenvalue weighted by atomic mass is 10.3. The molecule has 9 heteroatoms. The van der Waals surface area contributed by atoms with Crippen LogP contribution in [0.5, 0.6) is 0 Å². The van der Waals surface area contributed by atoms with Crippen LogP contribution in [0.15, 0.2) is 0 Å². The summed E-state index contributed by atoms with van der Waals surface area (Å²) in [5, 5.41) is 18.8. The maximum Gasteiger partial charge on any atom is 0.312 e. The van der Waals surface area contributed by atoms with Crippen LogP contribution >= 0.6 is 23.1 Å². The number of halogens is 1. The number of hydrogen-bond donors (Lipinski definition) is 0. The fraction of sp³-hybridized carbons (Fsp3) is 0.375. The summed E-state index contributed by atoms with van der Waals surface area (Å²) in [4.78, 5) is 10.4. The monoisotopic (exact) mass is 273 g/mol. The zero-order chi connectivity index (χ0) is 12.6. The Labute approximate surface area is 105 Å². The summed E-state index contributed by atoms with van der Waals surface area (Å²) in [5.41, 5.74) is 1.46. The van der Waals surface area contributed by atoms with Crippen molar-refractivity contribution in [3.05, 3.63) is 31.5 Å². The molecule has 2 aromatic rings. The second kappa shape index (κ2) is 4.38. The molecule has 0 saturated carbocycles. The number of nitrogens with zero attached hydrogens (tertiary/aromatic N) is 5. The van der Waals surface area contributed by atoms with E-state index in [1.165, 1.54) is 4.68 Å². The van der Waals surface area contributed by atoms with E-state index in [-0.39, 0.29) is 12.2 Å². The number of aromatic nitrogens is 4. The van der Waals surface area contributed by atoms with Crippen molar-refractivity contribution in [1.29, 1.82) is 0 Å². The number of hydrogen-bond acceptors (Lipinski definition) is 6. The van der Waals surface area contributed by atoms with Crippen molar-refractivity contribution in [3.63, 3.8) is 0 Å². The molecule has 0 aliphatic rings. The molecule has 17 heavy (non-hydrogen) atoms. The topological polar surface area (TPSA) is 86.7 Å². The predicted molar refractivity (Wildman–Crippen MR) is 62.4 cm³/mol. The molecule has 0 aliphatic heterocycles. The molecule has 0 unspecified atom stereocenters. The summed E-state index contributed by atoms with van der Waals surface area (Å²) in [6, 6.07) is 0. The van der Waals surface area contributed by atoms with E-state index in [0.717, 1.165) is 11.5 Å². The average molecular weight is 274 g/mol. The zero-order valence-electron chi connectivity index (χ0n) is 9.05. The SMILES string of the molecule is Cc1nn(Cc2nnsc2Cl)c(C)c1[N+](=O)[O-]. The minimum Gasteiger partial charge on any atom is -0.258 e. The summed E-state index contributed by atoms with van der Waals surface area (Å²) in [6.07, 6.45) is 0. The molecule has 0 aliphatic carbocycles. The Morgan fingerprint density at radius 1 is 1.53 bits per heavy atom. The van der Waals surface area contributed by atoms with Crippen molar-refractivity contribution in [1.82, 2.24) is 19.4 Å². The van der Waals surface area contributed by atoms with Gasteiger partial charge in [0, 0.05) is 11.5 Å². The molecule has 0 N–H and O–H groups in total. The van der Waals surface area contributed by atoms with Gasteiger partial charge in [0.15, 0.2) is 0 Å². The Kier molecular flexibility index (Phi) is 3.07. The number of nitro groups is 1. The molecule has 0 saturated heterocycles. The van der Waals surface area contributed by atoms with Crippen molar-refractivity contribution in [3.8, 4) is 0 Å². The van der Waals surface area contributed by atoms with Crippen molar-refractivity contribution < 1.29 is 4.92 Å². The third-order valence-corrected chi connectivity index (χ3v) is 3.32. The fourth-order valence-corrected chi connectivity index (χ4v) is 2.15. The summed E-state index contributed by atoms with van der Waals surface area (Å²) < 4.78 is 5.68. The van der Waals surface area contributed by atoms with Crippen LogP contribution in [0.2, 0.25) is 4.34 Å². The van der Waals surface area contributed by atoms with Gasteiger partial charge in [0.25, 0.3) is 0 Å². The van der Waals surface area contributed by atoms with Gasteiger partial charge in [0.2, 0.25) is 0 Å². The first-order valence-corrected chi connectivity index (χ1v) is 5.81. The minimum absolute atomic E-state index is 0.0318. The van der Waals surface area contributed by atoms with Gasteiger partial charge in [0.1, 0.15) is 21.4 Å². The van der Waals surface area contributed by atoms with Gasteiger partial charge in [-0.15, -0.1) is 5.10 Å². The molecule has 2 aromatic heterocycles. The van der Waals surface area contributed by atoms with Gasteiger partial charge in [-0.25, -0.2) is 0 Å². The highest BCUT2D eigenvalue weighted by atomic mass is 35.5. The first-order valence-electron chi connectivity index (χ1n) is 4.66. The third kappa shape index (κ3) is 2.13. The van der Waals surface area contributed by atoms with Gasteiger partial charge in [0.05, 0.1) is 11.5 Å². The van der Waals surface area contributed by atoms with Gasteiger partial charge < -0.3 is 0 Å². The molecule has 2 heterocycles. The second-order valence-electron chi connectivity index (χ2n) is 3.43. The van der Waals surface area contributed by atoms with E-state index in [0.29, 0.717) is 21.4 Å². The normalized spacial score (nSPS) is 10.8. The standard InChI is InChI=1S/C8H8ClN5O2S/c1-4-7(14(15)16)5(2)13(11-4)3-6-8(9)17-12-10-6/h3H2,1-2H3. The van der Waals surface area contributed by atoms with E-state index in [1.807, 2.05) is 0 Å². The lowest BCUT2D eigenvalue weighted by Gasteiger charge is -1.99. The number of rotatable bonds is 3. The summed E-state index contributed by atoms with van der Waals surface area (Å²) in [7, 11) is 0. The van der Waals surface area contributed by atoms with Crippen molar-refractivity contribution in [2.45, 2.75) is 20.4 Å². The minimum atomic E-state index is -0.435.